The summed E-state index contributed by atoms with van der Waals surface area (Å²) in [5.41, 5.74) is 2.91. The van der Waals surface area contributed by atoms with E-state index in [1.54, 1.807) is 12.1 Å². The first-order chi connectivity index (χ1) is 15.4. The first kappa shape index (κ1) is 21.8. The van der Waals surface area contributed by atoms with Crippen molar-refractivity contribution in [1.82, 2.24) is 25.3 Å². The summed E-state index contributed by atoms with van der Waals surface area (Å²) in [6, 6.07) is 16.2. The van der Waals surface area contributed by atoms with Crippen molar-refractivity contribution in [3.8, 4) is 0 Å². The van der Waals surface area contributed by atoms with Crippen LogP contribution in [0.3, 0.4) is 0 Å². The van der Waals surface area contributed by atoms with Gasteiger partial charge in [-0.3, -0.25) is 9.59 Å². The van der Waals surface area contributed by atoms with Gasteiger partial charge < -0.3 is 15.3 Å². The highest BCUT2D eigenvalue weighted by molar-refractivity contribution is 6.31. The van der Waals surface area contributed by atoms with Crippen molar-refractivity contribution in [1.29, 1.82) is 0 Å². The standard InChI is InChI=1S/C24H24ClN5O2/c1-14(2)24-26-17(12-22(31)30-24)11-19(15-6-4-3-5-7-15)29-23(32)13-21-27-18-9-8-16(25)10-20(18)28-21/h3-10,12,14,19H,11,13H2,1-2H3,(H,27,28)(H,29,32)(H,26,30,31)/t19-/m0/s1. The third kappa shape index (κ3) is 5.23. The van der Waals surface area contributed by atoms with Gasteiger partial charge in [-0.15, -0.1) is 0 Å². The quantitative estimate of drug-likeness (QED) is 0.395. The van der Waals surface area contributed by atoms with Gasteiger partial charge in [0.05, 0.1) is 29.2 Å². The molecular weight excluding hydrogens is 426 g/mol. The minimum Gasteiger partial charge on any atom is -0.349 e. The van der Waals surface area contributed by atoms with Crippen LogP contribution in [-0.2, 0) is 17.6 Å². The molecule has 0 saturated heterocycles. The number of aromatic amines is 2. The molecule has 0 fully saturated rings. The van der Waals surface area contributed by atoms with Crippen LogP contribution in [0.15, 0.2) is 59.4 Å². The van der Waals surface area contributed by atoms with Gasteiger partial charge in [0.25, 0.3) is 5.56 Å². The molecule has 2 aromatic carbocycles. The molecule has 164 valence electrons. The Morgan fingerprint density at radius 3 is 2.59 bits per heavy atom. The van der Waals surface area contributed by atoms with E-state index in [9.17, 15) is 9.59 Å². The van der Waals surface area contributed by atoms with Crippen LogP contribution in [0.4, 0.5) is 0 Å². The number of fused-ring (bicyclic) bond motifs is 1. The SMILES string of the molecule is CC(C)c1nc(C[C@H](NC(=O)Cc2nc3ccc(Cl)cc3[nH]2)c2ccccc2)cc(=O)[nH]1. The average molecular weight is 450 g/mol. The van der Waals surface area contributed by atoms with E-state index < -0.39 is 0 Å². The van der Waals surface area contributed by atoms with E-state index in [0.717, 1.165) is 16.6 Å². The number of aromatic nitrogens is 4. The molecule has 32 heavy (non-hydrogen) atoms. The lowest BCUT2D eigenvalue weighted by Gasteiger charge is -2.19. The van der Waals surface area contributed by atoms with Gasteiger partial charge in [-0.2, -0.15) is 0 Å². The summed E-state index contributed by atoms with van der Waals surface area (Å²) in [5, 5.41) is 3.68. The topological polar surface area (TPSA) is 104 Å². The average Bonchev–Trinajstić information content (AvgIpc) is 3.14. The maximum Gasteiger partial charge on any atom is 0.251 e. The highest BCUT2D eigenvalue weighted by Gasteiger charge is 2.18. The summed E-state index contributed by atoms with van der Waals surface area (Å²) in [5.74, 6) is 1.10. The molecule has 0 aliphatic rings. The van der Waals surface area contributed by atoms with Crippen LogP contribution < -0.4 is 10.9 Å². The molecule has 0 spiro atoms. The Morgan fingerprint density at radius 2 is 1.84 bits per heavy atom. The summed E-state index contributed by atoms with van der Waals surface area (Å²) >= 11 is 6.03. The minimum absolute atomic E-state index is 0.0917. The Balaban J connectivity index is 1.55. The largest absolute Gasteiger partial charge is 0.349 e. The lowest BCUT2D eigenvalue weighted by molar-refractivity contribution is -0.121. The van der Waals surface area contributed by atoms with Crippen molar-refractivity contribution in [3.63, 3.8) is 0 Å². The zero-order valence-corrected chi connectivity index (χ0v) is 18.6. The van der Waals surface area contributed by atoms with E-state index >= 15 is 0 Å². The van der Waals surface area contributed by atoms with Crippen molar-refractivity contribution in [2.24, 2.45) is 0 Å². The number of carbonyl (C=O) groups is 1. The number of H-pyrrole nitrogens is 2. The molecule has 0 radical (unpaired) electrons. The molecule has 3 N–H and O–H groups in total. The van der Waals surface area contributed by atoms with Crippen LogP contribution in [-0.4, -0.2) is 25.8 Å². The molecule has 0 bridgehead atoms. The van der Waals surface area contributed by atoms with Gasteiger partial charge in [0.2, 0.25) is 5.91 Å². The predicted molar refractivity (Wildman–Crippen MR) is 125 cm³/mol. The molecule has 2 heterocycles. The van der Waals surface area contributed by atoms with E-state index in [4.69, 9.17) is 11.6 Å². The molecule has 1 atom stereocenters. The normalized spacial score (nSPS) is 12.2. The fourth-order valence-corrected chi connectivity index (χ4v) is 3.74. The van der Waals surface area contributed by atoms with Gasteiger partial charge in [0.15, 0.2) is 0 Å². The lowest BCUT2D eigenvalue weighted by atomic mass is 10.0. The number of halogens is 1. The summed E-state index contributed by atoms with van der Waals surface area (Å²) in [4.78, 5) is 40.0. The Labute approximate surface area is 190 Å². The minimum atomic E-state index is -0.336. The van der Waals surface area contributed by atoms with Gasteiger partial charge in [0, 0.05) is 23.4 Å². The zero-order valence-electron chi connectivity index (χ0n) is 17.9. The van der Waals surface area contributed by atoms with E-state index in [1.807, 2.05) is 50.2 Å². The number of hydrogen-bond acceptors (Lipinski definition) is 4. The van der Waals surface area contributed by atoms with Crippen LogP contribution in [0.2, 0.25) is 5.02 Å². The highest BCUT2D eigenvalue weighted by Crippen LogP contribution is 2.20. The Kier molecular flexibility index (Phi) is 6.37. The number of hydrogen-bond donors (Lipinski definition) is 3. The number of nitrogens with one attached hydrogen (secondary N) is 3. The van der Waals surface area contributed by atoms with Crippen molar-refractivity contribution in [3.05, 3.63) is 92.9 Å². The van der Waals surface area contributed by atoms with Crippen molar-refractivity contribution < 1.29 is 4.79 Å². The number of nitrogens with zero attached hydrogens (tertiary/aromatic N) is 2. The third-order valence-electron chi connectivity index (χ3n) is 5.13. The maximum atomic E-state index is 12.9. The lowest BCUT2D eigenvalue weighted by Crippen LogP contribution is -2.32. The smallest absolute Gasteiger partial charge is 0.251 e. The summed E-state index contributed by atoms with van der Waals surface area (Å²) < 4.78 is 0. The molecule has 1 amide bonds. The van der Waals surface area contributed by atoms with E-state index in [0.29, 0.717) is 28.8 Å². The van der Waals surface area contributed by atoms with Crippen molar-refractivity contribution in [2.45, 2.75) is 38.6 Å². The fourth-order valence-electron chi connectivity index (χ4n) is 3.57. The number of imidazole rings is 1. The molecule has 4 rings (SSSR count). The van der Waals surface area contributed by atoms with E-state index in [1.165, 1.54) is 6.07 Å². The zero-order chi connectivity index (χ0) is 22.7. The maximum absolute atomic E-state index is 12.9. The number of amides is 1. The molecule has 4 aromatic rings. The van der Waals surface area contributed by atoms with E-state index in [2.05, 4.69) is 25.3 Å². The second-order valence-corrected chi connectivity index (χ2v) is 8.47. The summed E-state index contributed by atoms with van der Waals surface area (Å²) in [6.07, 6.45) is 0.491. The Hall–Kier alpha value is -3.45. The third-order valence-corrected chi connectivity index (χ3v) is 5.37. The first-order valence-corrected chi connectivity index (χ1v) is 10.8. The van der Waals surface area contributed by atoms with Crippen LogP contribution in [0.25, 0.3) is 11.0 Å². The van der Waals surface area contributed by atoms with Gasteiger partial charge >= 0.3 is 0 Å². The number of benzene rings is 2. The molecule has 0 aliphatic carbocycles. The Bertz CT molecular complexity index is 1300. The van der Waals surface area contributed by atoms with Gasteiger partial charge in [-0.05, 0) is 23.8 Å². The van der Waals surface area contributed by atoms with Gasteiger partial charge in [0.1, 0.15) is 11.6 Å². The molecule has 8 heteroatoms. The molecule has 0 aliphatic heterocycles. The summed E-state index contributed by atoms with van der Waals surface area (Å²) in [6.45, 7) is 3.94. The molecular formula is C24H24ClN5O2. The molecule has 2 aromatic heterocycles. The van der Waals surface area contributed by atoms with Gasteiger partial charge in [-0.25, -0.2) is 9.97 Å². The molecule has 0 unspecified atom stereocenters. The Morgan fingerprint density at radius 1 is 1.06 bits per heavy atom. The molecule has 0 saturated carbocycles. The predicted octanol–water partition coefficient (Wildman–Crippen LogP) is 4.07. The summed E-state index contributed by atoms with van der Waals surface area (Å²) in [7, 11) is 0. The highest BCUT2D eigenvalue weighted by atomic mass is 35.5. The van der Waals surface area contributed by atoms with Crippen LogP contribution in [0.1, 0.15) is 48.7 Å². The monoisotopic (exact) mass is 449 g/mol. The van der Waals surface area contributed by atoms with Crippen LogP contribution in [0.5, 0.6) is 0 Å². The number of carbonyl (C=O) groups excluding carboxylic acids is 1. The van der Waals surface area contributed by atoms with Crippen molar-refractivity contribution >= 4 is 28.5 Å². The second kappa shape index (κ2) is 9.36. The fraction of sp³-hybridized carbons (Fsp3) is 0.250. The molecule has 7 nitrogen and oxygen atoms in total. The number of rotatable bonds is 7. The van der Waals surface area contributed by atoms with Crippen molar-refractivity contribution in [2.75, 3.05) is 0 Å². The van der Waals surface area contributed by atoms with E-state index in [-0.39, 0.29) is 29.8 Å². The van der Waals surface area contributed by atoms with Crippen LogP contribution >= 0.6 is 11.6 Å². The second-order valence-electron chi connectivity index (χ2n) is 8.03. The van der Waals surface area contributed by atoms with Gasteiger partial charge in [-0.1, -0.05) is 55.8 Å². The van der Waals surface area contributed by atoms with Crippen LogP contribution in [0, 0.1) is 0 Å². The first-order valence-electron chi connectivity index (χ1n) is 10.5.